The van der Waals surface area contributed by atoms with Crippen molar-refractivity contribution < 1.29 is 14.3 Å². The fourth-order valence-electron chi connectivity index (χ4n) is 2.75. The van der Waals surface area contributed by atoms with Gasteiger partial charge in [0.1, 0.15) is 11.6 Å². The highest BCUT2D eigenvalue weighted by atomic mass is 16.5. The summed E-state index contributed by atoms with van der Waals surface area (Å²) < 4.78 is 11.5. The second kappa shape index (κ2) is 12.2. The first kappa shape index (κ1) is 22.0. The van der Waals surface area contributed by atoms with Crippen molar-refractivity contribution in [2.75, 3.05) is 18.5 Å². The smallest absolute Gasteiger partial charge is 0.266 e. The molecule has 5 heteroatoms. The number of nitrogens with zero attached hydrogens (tertiary/aromatic N) is 1. The van der Waals surface area contributed by atoms with E-state index in [9.17, 15) is 10.1 Å². The molecule has 0 spiro atoms. The molecule has 5 nitrogen and oxygen atoms in total. The highest BCUT2D eigenvalue weighted by Gasteiger charge is 2.11. The second-order valence-corrected chi connectivity index (χ2v) is 6.54. The Bertz CT molecular complexity index is 854. The molecule has 0 aromatic heterocycles. The molecule has 1 amide bonds. The minimum atomic E-state index is -0.451. The molecule has 1 N–H and O–H groups in total. The third-order valence-corrected chi connectivity index (χ3v) is 4.23. The van der Waals surface area contributed by atoms with E-state index < -0.39 is 5.91 Å². The molecule has 0 unspecified atom stereocenters. The van der Waals surface area contributed by atoms with E-state index in [4.69, 9.17) is 9.47 Å². The maximum Gasteiger partial charge on any atom is 0.266 e. The minimum absolute atomic E-state index is 0.0181. The number of rotatable bonds is 11. The van der Waals surface area contributed by atoms with Crippen molar-refractivity contribution in [1.82, 2.24) is 0 Å². The number of carbonyl (C=O) groups excluding carboxylic acids is 1. The zero-order valence-electron chi connectivity index (χ0n) is 17.1. The van der Waals surface area contributed by atoms with Crippen LogP contribution in [0.5, 0.6) is 11.5 Å². The Morgan fingerprint density at radius 1 is 1.03 bits per heavy atom. The Balaban J connectivity index is 2.11. The molecule has 0 aliphatic heterocycles. The average molecular weight is 392 g/mol. The summed E-state index contributed by atoms with van der Waals surface area (Å²) >= 11 is 0. The first-order valence-electron chi connectivity index (χ1n) is 10.1. The summed E-state index contributed by atoms with van der Waals surface area (Å²) in [6, 6.07) is 16.4. The van der Waals surface area contributed by atoms with Crippen molar-refractivity contribution in [2.45, 2.75) is 39.5 Å². The van der Waals surface area contributed by atoms with Crippen LogP contribution in [0.2, 0.25) is 0 Å². The zero-order valence-corrected chi connectivity index (χ0v) is 17.1. The first-order valence-corrected chi connectivity index (χ1v) is 10.1. The van der Waals surface area contributed by atoms with Crippen LogP contribution >= 0.6 is 0 Å². The molecule has 0 atom stereocenters. The highest BCUT2D eigenvalue weighted by molar-refractivity contribution is 6.09. The summed E-state index contributed by atoms with van der Waals surface area (Å²) in [5, 5.41) is 12.1. The van der Waals surface area contributed by atoms with E-state index in [1.54, 1.807) is 24.3 Å². The Morgan fingerprint density at radius 3 is 2.52 bits per heavy atom. The molecule has 2 aromatic carbocycles. The van der Waals surface area contributed by atoms with Crippen LogP contribution in [0, 0.1) is 11.3 Å². The average Bonchev–Trinajstić information content (AvgIpc) is 2.74. The molecule has 0 radical (unpaired) electrons. The number of amides is 1. The van der Waals surface area contributed by atoms with Crippen molar-refractivity contribution in [3.63, 3.8) is 0 Å². The van der Waals surface area contributed by atoms with E-state index in [2.05, 4.69) is 12.2 Å². The predicted octanol–water partition coefficient (Wildman–Crippen LogP) is 5.59. The lowest BCUT2D eigenvalue weighted by atomic mass is 10.1. The van der Waals surface area contributed by atoms with E-state index in [0.717, 1.165) is 12.8 Å². The van der Waals surface area contributed by atoms with Crippen LogP contribution < -0.4 is 14.8 Å². The number of para-hydroxylation sites is 1. The van der Waals surface area contributed by atoms with Crippen molar-refractivity contribution in [1.29, 1.82) is 5.26 Å². The topological polar surface area (TPSA) is 71.3 Å². The molecule has 2 rings (SSSR count). The SMILES string of the molecule is CCCCCCOc1ccc(C=C(C#N)C(=O)Nc2ccccc2)cc1OCC. The summed E-state index contributed by atoms with van der Waals surface area (Å²) in [7, 11) is 0. The van der Waals surface area contributed by atoms with Crippen LogP contribution in [0.25, 0.3) is 6.08 Å². The van der Waals surface area contributed by atoms with Gasteiger partial charge in [-0.05, 0) is 49.2 Å². The fraction of sp³-hybridized carbons (Fsp3) is 0.333. The van der Waals surface area contributed by atoms with Crippen LogP contribution in [-0.4, -0.2) is 19.1 Å². The Kier molecular flexibility index (Phi) is 9.31. The number of nitrogens with one attached hydrogen (secondary N) is 1. The van der Waals surface area contributed by atoms with Gasteiger partial charge in [-0.1, -0.05) is 50.5 Å². The summed E-state index contributed by atoms with van der Waals surface area (Å²) in [5.74, 6) is 0.832. The number of hydrogen-bond acceptors (Lipinski definition) is 4. The summed E-state index contributed by atoms with van der Waals surface area (Å²) in [6.07, 6.45) is 6.08. The molecule has 152 valence electrons. The monoisotopic (exact) mass is 392 g/mol. The van der Waals surface area contributed by atoms with Crippen LogP contribution in [0.15, 0.2) is 54.1 Å². The van der Waals surface area contributed by atoms with Gasteiger partial charge in [-0.25, -0.2) is 0 Å². The second-order valence-electron chi connectivity index (χ2n) is 6.54. The van der Waals surface area contributed by atoms with Gasteiger partial charge in [0.2, 0.25) is 0 Å². The van der Waals surface area contributed by atoms with Gasteiger partial charge in [0, 0.05) is 5.69 Å². The van der Waals surface area contributed by atoms with Gasteiger partial charge in [-0.3, -0.25) is 4.79 Å². The zero-order chi connectivity index (χ0) is 20.9. The molecule has 0 aliphatic carbocycles. The maximum absolute atomic E-state index is 12.4. The van der Waals surface area contributed by atoms with Gasteiger partial charge in [0.25, 0.3) is 5.91 Å². The third kappa shape index (κ3) is 7.34. The van der Waals surface area contributed by atoms with E-state index in [1.807, 2.05) is 43.3 Å². The number of benzene rings is 2. The lowest BCUT2D eigenvalue weighted by Gasteiger charge is -2.13. The molecule has 29 heavy (non-hydrogen) atoms. The van der Waals surface area contributed by atoms with Crippen LogP contribution in [0.3, 0.4) is 0 Å². The van der Waals surface area contributed by atoms with Gasteiger partial charge in [0.05, 0.1) is 13.2 Å². The highest BCUT2D eigenvalue weighted by Crippen LogP contribution is 2.29. The molecule has 0 heterocycles. The summed E-state index contributed by atoms with van der Waals surface area (Å²) in [4.78, 5) is 12.4. The third-order valence-electron chi connectivity index (χ3n) is 4.23. The Morgan fingerprint density at radius 2 is 1.83 bits per heavy atom. The van der Waals surface area contributed by atoms with E-state index in [-0.39, 0.29) is 5.57 Å². The molecule has 0 bridgehead atoms. The lowest BCUT2D eigenvalue weighted by molar-refractivity contribution is -0.112. The quantitative estimate of drug-likeness (QED) is 0.307. The van der Waals surface area contributed by atoms with Crippen molar-refractivity contribution in [3.05, 3.63) is 59.7 Å². The molecule has 0 fully saturated rings. The number of ether oxygens (including phenoxy) is 2. The van der Waals surface area contributed by atoms with E-state index in [0.29, 0.717) is 36.0 Å². The lowest BCUT2D eigenvalue weighted by Crippen LogP contribution is -2.13. The van der Waals surface area contributed by atoms with Gasteiger partial charge in [-0.2, -0.15) is 5.26 Å². The number of unbranched alkanes of at least 4 members (excludes halogenated alkanes) is 3. The number of carbonyl (C=O) groups is 1. The van der Waals surface area contributed by atoms with Gasteiger partial charge >= 0.3 is 0 Å². The molecular formula is C24H28N2O3. The normalized spacial score (nSPS) is 10.9. The van der Waals surface area contributed by atoms with Crippen LogP contribution in [-0.2, 0) is 4.79 Å². The van der Waals surface area contributed by atoms with E-state index in [1.165, 1.54) is 12.8 Å². The van der Waals surface area contributed by atoms with Crippen molar-refractivity contribution in [2.24, 2.45) is 0 Å². The number of hydrogen-bond donors (Lipinski definition) is 1. The number of anilines is 1. The van der Waals surface area contributed by atoms with Crippen molar-refractivity contribution >= 4 is 17.7 Å². The molecule has 0 saturated heterocycles. The van der Waals surface area contributed by atoms with Crippen LogP contribution in [0.1, 0.15) is 45.1 Å². The Hall–Kier alpha value is -3.26. The van der Waals surface area contributed by atoms with E-state index >= 15 is 0 Å². The Labute approximate surface area is 173 Å². The minimum Gasteiger partial charge on any atom is -0.490 e. The summed E-state index contributed by atoms with van der Waals surface area (Å²) in [6.45, 7) is 5.22. The molecule has 0 saturated carbocycles. The molecule has 0 aliphatic rings. The largest absolute Gasteiger partial charge is 0.490 e. The fourth-order valence-corrected chi connectivity index (χ4v) is 2.75. The molecular weight excluding hydrogens is 364 g/mol. The standard InChI is InChI=1S/C24H28N2O3/c1-3-5-6-10-15-29-22-14-13-19(17-23(22)28-4-2)16-20(18-25)24(27)26-21-11-8-7-9-12-21/h7-9,11-14,16-17H,3-6,10,15H2,1-2H3,(H,26,27). The number of nitriles is 1. The van der Waals surface area contributed by atoms with Crippen molar-refractivity contribution in [3.8, 4) is 17.6 Å². The van der Waals surface area contributed by atoms with Gasteiger partial charge < -0.3 is 14.8 Å². The molecule has 2 aromatic rings. The summed E-state index contributed by atoms with van der Waals surface area (Å²) in [5.41, 5.74) is 1.36. The van der Waals surface area contributed by atoms with Gasteiger partial charge in [-0.15, -0.1) is 0 Å². The maximum atomic E-state index is 12.4. The first-order chi connectivity index (χ1) is 14.2. The van der Waals surface area contributed by atoms with Crippen LogP contribution in [0.4, 0.5) is 5.69 Å². The van der Waals surface area contributed by atoms with Gasteiger partial charge in [0.15, 0.2) is 11.5 Å². The predicted molar refractivity (Wildman–Crippen MR) is 116 cm³/mol.